The Balaban J connectivity index is 1.88. The molecule has 0 bridgehead atoms. The molecule has 1 nitrogen and oxygen atoms in total. The number of rotatable bonds is 2. The molecule has 2 heteroatoms. The monoisotopic (exact) mass is 363 g/mol. The number of fused-ring (bicyclic) bond motifs is 1. The van der Waals surface area contributed by atoms with E-state index in [0.717, 1.165) is 0 Å². The van der Waals surface area contributed by atoms with Gasteiger partial charge in [0.25, 0.3) is 0 Å². The molecule has 1 atom stereocenters. The molecule has 0 fully saturated rings. The van der Waals surface area contributed by atoms with Crippen molar-refractivity contribution in [2.45, 2.75) is 32.7 Å². The fraction of sp³-hybridized carbons (Fsp3) is 0.294. The number of benzene rings is 2. The van der Waals surface area contributed by atoms with Crippen LogP contribution in [0.1, 0.15) is 34.7 Å². The van der Waals surface area contributed by atoms with Gasteiger partial charge < -0.3 is 5.32 Å². The van der Waals surface area contributed by atoms with Crippen molar-refractivity contribution < 1.29 is 0 Å². The molecular weight excluding hydrogens is 345 g/mol. The minimum absolute atomic E-state index is 0.466. The van der Waals surface area contributed by atoms with E-state index in [1.54, 1.807) is 0 Å². The highest BCUT2D eigenvalue weighted by molar-refractivity contribution is 14.1. The minimum atomic E-state index is 0.466. The molecular formula is C17H18IN. The van der Waals surface area contributed by atoms with Gasteiger partial charge in [-0.1, -0.05) is 23.8 Å². The lowest BCUT2D eigenvalue weighted by Crippen LogP contribution is -2.08. The van der Waals surface area contributed by atoms with Crippen LogP contribution in [-0.4, -0.2) is 0 Å². The van der Waals surface area contributed by atoms with Crippen LogP contribution >= 0.6 is 22.6 Å². The fourth-order valence-electron chi connectivity index (χ4n) is 2.85. The maximum Gasteiger partial charge on any atom is 0.0519 e. The number of nitrogens with one attached hydrogen (secondary N) is 1. The summed E-state index contributed by atoms with van der Waals surface area (Å²) < 4.78 is 1.29. The van der Waals surface area contributed by atoms with E-state index in [2.05, 4.69) is 78.2 Å². The van der Waals surface area contributed by atoms with E-state index in [1.807, 2.05) is 0 Å². The van der Waals surface area contributed by atoms with Crippen molar-refractivity contribution in [1.29, 1.82) is 0 Å². The zero-order valence-corrected chi connectivity index (χ0v) is 13.5. The molecule has 1 unspecified atom stereocenters. The van der Waals surface area contributed by atoms with Gasteiger partial charge in [0.05, 0.1) is 6.04 Å². The average molecular weight is 363 g/mol. The van der Waals surface area contributed by atoms with E-state index < -0.39 is 0 Å². The maximum absolute atomic E-state index is 3.72. The Kier molecular flexibility index (Phi) is 3.52. The number of hydrogen-bond donors (Lipinski definition) is 1. The van der Waals surface area contributed by atoms with Gasteiger partial charge in [-0.05, 0) is 84.2 Å². The van der Waals surface area contributed by atoms with Crippen molar-refractivity contribution in [1.82, 2.24) is 0 Å². The van der Waals surface area contributed by atoms with Crippen molar-refractivity contribution in [3.63, 3.8) is 0 Å². The first-order valence-corrected chi connectivity index (χ1v) is 7.83. The summed E-state index contributed by atoms with van der Waals surface area (Å²) in [4.78, 5) is 0. The number of aryl methyl sites for hydroxylation is 3. The second-order valence-corrected chi connectivity index (χ2v) is 6.64. The molecule has 2 aromatic carbocycles. The molecule has 0 amide bonds. The normalized spacial score (nSPS) is 17.3. The molecule has 0 aromatic heterocycles. The third-order valence-electron chi connectivity index (χ3n) is 3.90. The molecule has 0 heterocycles. The highest BCUT2D eigenvalue weighted by atomic mass is 127. The van der Waals surface area contributed by atoms with Crippen LogP contribution in [0.4, 0.5) is 5.69 Å². The van der Waals surface area contributed by atoms with E-state index >= 15 is 0 Å². The molecule has 0 spiro atoms. The summed E-state index contributed by atoms with van der Waals surface area (Å²) in [5.74, 6) is 0. The van der Waals surface area contributed by atoms with Crippen molar-refractivity contribution in [2.24, 2.45) is 0 Å². The molecule has 0 radical (unpaired) electrons. The fourth-order valence-corrected chi connectivity index (χ4v) is 3.50. The Morgan fingerprint density at radius 1 is 1.11 bits per heavy atom. The topological polar surface area (TPSA) is 12.0 Å². The van der Waals surface area contributed by atoms with Gasteiger partial charge in [0.15, 0.2) is 0 Å². The van der Waals surface area contributed by atoms with Gasteiger partial charge in [0.2, 0.25) is 0 Å². The average Bonchev–Trinajstić information content (AvgIpc) is 2.75. The molecule has 1 aliphatic rings. The third-order valence-corrected chi connectivity index (χ3v) is 4.57. The maximum atomic E-state index is 3.72. The summed E-state index contributed by atoms with van der Waals surface area (Å²) >= 11 is 2.36. The van der Waals surface area contributed by atoms with Crippen LogP contribution in [0.25, 0.3) is 0 Å². The molecule has 0 saturated heterocycles. The number of halogens is 1. The summed E-state index contributed by atoms with van der Waals surface area (Å²) in [7, 11) is 0. The van der Waals surface area contributed by atoms with Crippen LogP contribution in [0, 0.1) is 17.4 Å². The van der Waals surface area contributed by atoms with Gasteiger partial charge in [0.1, 0.15) is 0 Å². The molecule has 1 aliphatic carbocycles. The van der Waals surface area contributed by atoms with Gasteiger partial charge in [-0.3, -0.25) is 0 Å². The van der Waals surface area contributed by atoms with Crippen molar-refractivity contribution in [2.75, 3.05) is 5.32 Å². The predicted octanol–water partition coefficient (Wildman–Crippen LogP) is 5.01. The summed E-state index contributed by atoms with van der Waals surface area (Å²) in [6, 6.07) is 13.9. The van der Waals surface area contributed by atoms with E-state index in [-0.39, 0.29) is 0 Å². The molecule has 0 aliphatic heterocycles. The van der Waals surface area contributed by atoms with E-state index in [9.17, 15) is 0 Å². The summed E-state index contributed by atoms with van der Waals surface area (Å²) in [6.45, 7) is 4.35. The Bertz CT molecular complexity index is 619. The van der Waals surface area contributed by atoms with Crippen LogP contribution in [0.2, 0.25) is 0 Å². The highest BCUT2D eigenvalue weighted by Gasteiger charge is 2.22. The van der Waals surface area contributed by atoms with Crippen molar-refractivity contribution in [3.8, 4) is 0 Å². The minimum Gasteiger partial charge on any atom is -0.378 e. The number of anilines is 1. The first-order chi connectivity index (χ1) is 9.13. The second-order valence-electron chi connectivity index (χ2n) is 5.40. The van der Waals surface area contributed by atoms with E-state index in [4.69, 9.17) is 0 Å². The van der Waals surface area contributed by atoms with Gasteiger partial charge in [0, 0.05) is 9.26 Å². The molecule has 0 saturated carbocycles. The van der Waals surface area contributed by atoms with E-state index in [0.29, 0.717) is 6.04 Å². The lowest BCUT2D eigenvalue weighted by atomic mass is 10.0. The quantitative estimate of drug-likeness (QED) is 0.740. The largest absolute Gasteiger partial charge is 0.378 e. The molecule has 2 aromatic rings. The highest BCUT2D eigenvalue weighted by Crippen LogP contribution is 2.35. The first kappa shape index (κ1) is 13.0. The van der Waals surface area contributed by atoms with Crippen LogP contribution in [0.5, 0.6) is 0 Å². The second kappa shape index (κ2) is 5.16. The molecule has 98 valence electrons. The summed E-state index contributed by atoms with van der Waals surface area (Å²) in [5.41, 5.74) is 6.93. The van der Waals surface area contributed by atoms with Crippen LogP contribution < -0.4 is 5.32 Å². The standard InChI is InChI=1S/C17H18IN/c1-11-3-4-13-5-7-17(15(13)9-11)19-16-8-6-14(18)10-12(16)2/h3-4,6,8-10,17,19H,5,7H2,1-2H3. The predicted molar refractivity (Wildman–Crippen MR) is 89.8 cm³/mol. The zero-order valence-electron chi connectivity index (χ0n) is 11.3. The van der Waals surface area contributed by atoms with Crippen LogP contribution in [0.15, 0.2) is 36.4 Å². The lowest BCUT2D eigenvalue weighted by molar-refractivity contribution is 0.761. The summed E-state index contributed by atoms with van der Waals surface area (Å²) in [5, 5.41) is 3.72. The van der Waals surface area contributed by atoms with Crippen LogP contribution in [-0.2, 0) is 6.42 Å². The summed E-state index contributed by atoms with van der Waals surface area (Å²) in [6.07, 6.45) is 2.39. The van der Waals surface area contributed by atoms with E-state index in [1.165, 1.54) is 44.4 Å². The zero-order chi connectivity index (χ0) is 13.4. The van der Waals surface area contributed by atoms with Gasteiger partial charge in [-0.15, -0.1) is 0 Å². The van der Waals surface area contributed by atoms with Gasteiger partial charge in [-0.2, -0.15) is 0 Å². The Morgan fingerprint density at radius 2 is 1.95 bits per heavy atom. The van der Waals surface area contributed by atoms with Crippen LogP contribution in [0.3, 0.4) is 0 Å². The smallest absolute Gasteiger partial charge is 0.0519 e. The first-order valence-electron chi connectivity index (χ1n) is 6.75. The number of hydrogen-bond acceptors (Lipinski definition) is 1. The van der Waals surface area contributed by atoms with Crippen molar-refractivity contribution in [3.05, 3.63) is 62.2 Å². The molecule has 1 N–H and O–H groups in total. The molecule has 19 heavy (non-hydrogen) atoms. The van der Waals surface area contributed by atoms with Crippen molar-refractivity contribution >= 4 is 28.3 Å². The third kappa shape index (κ3) is 2.64. The SMILES string of the molecule is Cc1ccc2c(c1)C(Nc1ccc(I)cc1C)CC2. The van der Waals surface area contributed by atoms with Gasteiger partial charge >= 0.3 is 0 Å². The Hall–Kier alpha value is -1.03. The molecule has 3 rings (SSSR count). The Morgan fingerprint density at radius 3 is 2.74 bits per heavy atom. The lowest BCUT2D eigenvalue weighted by Gasteiger charge is -2.18. The Labute approximate surface area is 128 Å². The van der Waals surface area contributed by atoms with Gasteiger partial charge in [-0.25, -0.2) is 0 Å².